The second-order valence-corrected chi connectivity index (χ2v) is 7.81. The summed E-state index contributed by atoms with van der Waals surface area (Å²) in [6, 6.07) is 5.69. The average molecular weight is 292 g/mol. The van der Waals surface area contributed by atoms with E-state index < -0.39 is 0 Å². The third-order valence-electron chi connectivity index (χ3n) is 2.23. The highest BCUT2D eigenvalue weighted by molar-refractivity contribution is 8.00. The van der Waals surface area contributed by atoms with Crippen LogP contribution in [0.5, 0.6) is 0 Å². The first-order valence-corrected chi connectivity index (χ1v) is 7.35. The van der Waals surface area contributed by atoms with E-state index in [-0.39, 0.29) is 10.8 Å². The molecule has 0 fully saturated rings. The molecule has 0 radical (unpaired) electrons. The molecule has 1 aromatic rings. The number of halogens is 2. The van der Waals surface area contributed by atoms with E-state index in [1.807, 2.05) is 23.9 Å². The van der Waals surface area contributed by atoms with Gasteiger partial charge in [-0.2, -0.15) is 11.8 Å². The SMILES string of the molecule is CC(C)(C)SCC(N)Cc1ccc(Cl)cc1Cl. The van der Waals surface area contributed by atoms with Gasteiger partial charge in [0.05, 0.1) is 0 Å². The third-order valence-corrected chi connectivity index (χ3v) is 4.28. The quantitative estimate of drug-likeness (QED) is 0.890. The van der Waals surface area contributed by atoms with E-state index in [1.54, 1.807) is 6.07 Å². The zero-order valence-corrected chi connectivity index (χ0v) is 12.8. The Morgan fingerprint density at radius 2 is 1.94 bits per heavy atom. The van der Waals surface area contributed by atoms with E-state index in [4.69, 9.17) is 28.9 Å². The van der Waals surface area contributed by atoms with Crippen molar-refractivity contribution in [2.75, 3.05) is 5.75 Å². The summed E-state index contributed by atoms with van der Waals surface area (Å²) in [5, 5.41) is 1.37. The average Bonchev–Trinajstić information content (AvgIpc) is 2.18. The zero-order chi connectivity index (χ0) is 13.1. The van der Waals surface area contributed by atoms with Gasteiger partial charge >= 0.3 is 0 Å². The molecule has 2 N–H and O–H groups in total. The molecule has 0 bridgehead atoms. The van der Waals surface area contributed by atoms with Crippen molar-refractivity contribution in [1.82, 2.24) is 0 Å². The maximum absolute atomic E-state index is 6.12. The molecule has 0 saturated heterocycles. The molecule has 1 nitrogen and oxygen atoms in total. The van der Waals surface area contributed by atoms with Crippen LogP contribution in [0, 0.1) is 0 Å². The number of nitrogens with two attached hydrogens (primary N) is 1. The van der Waals surface area contributed by atoms with Crippen molar-refractivity contribution >= 4 is 35.0 Å². The lowest BCUT2D eigenvalue weighted by atomic mass is 10.1. The molecule has 1 aromatic carbocycles. The highest BCUT2D eigenvalue weighted by Crippen LogP contribution is 2.26. The van der Waals surface area contributed by atoms with Gasteiger partial charge in [-0.05, 0) is 24.1 Å². The van der Waals surface area contributed by atoms with Crippen molar-refractivity contribution < 1.29 is 0 Å². The van der Waals surface area contributed by atoms with Gasteiger partial charge in [-0.1, -0.05) is 50.0 Å². The van der Waals surface area contributed by atoms with Gasteiger partial charge in [0.25, 0.3) is 0 Å². The first kappa shape index (κ1) is 15.2. The molecule has 0 aliphatic heterocycles. The predicted octanol–water partition coefficient (Wildman–Crippen LogP) is 4.39. The third kappa shape index (κ3) is 6.01. The molecule has 0 aliphatic rings. The van der Waals surface area contributed by atoms with Crippen LogP contribution in [0.3, 0.4) is 0 Å². The van der Waals surface area contributed by atoms with Gasteiger partial charge in [-0.3, -0.25) is 0 Å². The minimum Gasteiger partial charge on any atom is -0.327 e. The number of hydrogen-bond donors (Lipinski definition) is 1. The Kier molecular flexibility index (Phi) is 5.65. The summed E-state index contributed by atoms with van der Waals surface area (Å²) >= 11 is 13.8. The fourth-order valence-electron chi connectivity index (χ4n) is 1.39. The van der Waals surface area contributed by atoms with Crippen LogP contribution < -0.4 is 5.73 Å². The smallest absolute Gasteiger partial charge is 0.0453 e. The topological polar surface area (TPSA) is 26.0 Å². The summed E-state index contributed by atoms with van der Waals surface area (Å²) in [4.78, 5) is 0. The lowest BCUT2D eigenvalue weighted by Crippen LogP contribution is -2.28. The van der Waals surface area contributed by atoms with Gasteiger partial charge in [-0.15, -0.1) is 0 Å². The van der Waals surface area contributed by atoms with Crippen LogP contribution in [0.1, 0.15) is 26.3 Å². The predicted molar refractivity (Wildman–Crippen MR) is 80.4 cm³/mol. The summed E-state index contributed by atoms with van der Waals surface area (Å²) in [5.74, 6) is 0.933. The fourth-order valence-corrected chi connectivity index (χ4v) is 2.70. The zero-order valence-electron chi connectivity index (χ0n) is 10.5. The van der Waals surface area contributed by atoms with Crippen molar-refractivity contribution in [2.24, 2.45) is 5.73 Å². The molecule has 0 saturated carbocycles. The molecule has 1 rings (SSSR count). The molecule has 0 aromatic heterocycles. The minimum atomic E-state index is 0.123. The normalized spacial score (nSPS) is 13.8. The lowest BCUT2D eigenvalue weighted by Gasteiger charge is -2.20. The van der Waals surface area contributed by atoms with Gasteiger partial charge in [-0.25, -0.2) is 0 Å². The number of hydrogen-bond acceptors (Lipinski definition) is 2. The molecular weight excluding hydrogens is 273 g/mol. The maximum Gasteiger partial charge on any atom is 0.0453 e. The molecule has 0 heterocycles. The standard InChI is InChI=1S/C13H19Cl2NS/c1-13(2,3)17-8-11(16)6-9-4-5-10(14)7-12(9)15/h4-5,7,11H,6,8,16H2,1-3H3. The summed E-state index contributed by atoms with van der Waals surface area (Å²) in [7, 11) is 0. The summed E-state index contributed by atoms with van der Waals surface area (Å²) in [5.41, 5.74) is 7.18. The van der Waals surface area contributed by atoms with Gasteiger partial charge in [0.15, 0.2) is 0 Å². The Morgan fingerprint density at radius 3 is 2.47 bits per heavy atom. The van der Waals surface area contributed by atoms with Crippen LogP contribution in [-0.4, -0.2) is 16.5 Å². The number of rotatable bonds is 4. The molecule has 1 atom stereocenters. The van der Waals surface area contributed by atoms with Crippen molar-refractivity contribution in [3.63, 3.8) is 0 Å². The summed E-state index contributed by atoms with van der Waals surface area (Å²) < 4.78 is 0.251. The van der Waals surface area contributed by atoms with E-state index in [0.29, 0.717) is 10.0 Å². The van der Waals surface area contributed by atoms with Crippen molar-refractivity contribution in [3.8, 4) is 0 Å². The van der Waals surface area contributed by atoms with Gasteiger partial charge in [0.2, 0.25) is 0 Å². The monoisotopic (exact) mass is 291 g/mol. The van der Waals surface area contributed by atoms with E-state index in [1.165, 1.54) is 0 Å². The van der Waals surface area contributed by atoms with Gasteiger partial charge in [0.1, 0.15) is 0 Å². The molecule has 96 valence electrons. The van der Waals surface area contributed by atoms with Crippen LogP contribution in [0.15, 0.2) is 18.2 Å². The Labute approximate surface area is 118 Å². The fraction of sp³-hybridized carbons (Fsp3) is 0.538. The Hall–Kier alpha value is 0.110. The minimum absolute atomic E-state index is 0.123. The van der Waals surface area contributed by atoms with Crippen molar-refractivity contribution in [2.45, 2.75) is 38.0 Å². The largest absolute Gasteiger partial charge is 0.327 e. The second kappa shape index (κ2) is 6.33. The van der Waals surface area contributed by atoms with Crippen LogP contribution in [0.25, 0.3) is 0 Å². The molecule has 1 unspecified atom stereocenters. The Balaban J connectivity index is 2.53. The molecule has 0 spiro atoms. The van der Waals surface area contributed by atoms with E-state index in [2.05, 4.69) is 20.8 Å². The number of benzene rings is 1. The van der Waals surface area contributed by atoms with E-state index in [0.717, 1.165) is 17.7 Å². The Bertz CT molecular complexity index is 374. The molecule has 0 amide bonds. The first-order chi connectivity index (χ1) is 7.78. The maximum atomic E-state index is 6.12. The molecule has 0 aliphatic carbocycles. The molecule has 17 heavy (non-hydrogen) atoms. The first-order valence-electron chi connectivity index (χ1n) is 5.61. The van der Waals surface area contributed by atoms with Crippen LogP contribution in [0.2, 0.25) is 10.0 Å². The second-order valence-electron chi connectivity index (χ2n) is 5.12. The number of thioether (sulfide) groups is 1. The van der Waals surface area contributed by atoms with Gasteiger partial charge in [0, 0.05) is 26.6 Å². The van der Waals surface area contributed by atoms with Crippen LogP contribution in [-0.2, 0) is 6.42 Å². The lowest BCUT2D eigenvalue weighted by molar-refractivity contribution is 0.734. The summed E-state index contributed by atoms with van der Waals surface area (Å²) in [6.07, 6.45) is 0.791. The van der Waals surface area contributed by atoms with E-state index in [9.17, 15) is 0 Å². The van der Waals surface area contributed by atoms with E-state index >= 15 is 0 Å². The molecule has 4 heteroatoms. The van der Waals surface area contributed by atoms with Crippen molar-refractivity contribution in [3.05, 3.63) is 33.8 Å². The highest BCUT2D eigenvalue weighted by Gasteiger charge is 2.14. The van der Waals surface area contributed by atoms with Crippen molar-refractivity contribution in [1.29, 1.82) is 0 Å². The van der Waals surface area contributed by atoms with Gasteiger partial charge < -0.3 is 5.73 Å². The summed E-state index contributed by atoms with van der Waals surface area (Å²) in [6.45, 7) is 6.58. The Morgan fingerprint density at radius 1 is 1.29 bits per heavy atom. The van der Waals surface area contributed by atoms with Crippen LogP contribution >= 0.6 is 35.0 Å². The molecular formula is C13H19Cl2NS. The highest BCUT2D eigenvalue weighted by atomic mass is 35.5. The van der Waals surface area contributed by atoms with Crippen LogP contribution in [0.4, 0.5) is 0 Å².